The summed E-state index contributed by atoms with van der Waals surface area (Å²) in [4.78, 5) is 0. The minimum absolute atomic E-state index is 1.80. The molecule has 0 aromatic carbocycles. The predicted molar refractivity (Wildman–Crippen MR) is 66.0 cm³/mol. The monoisotopic (exact) mass is 524 g/mol. The van der Waals surface area contributed by atoms with E-state index in [9.17, 15) is 78.7 Å². The average Bonchev–Trinajstić information content (AvgIpc) is 2.51. The third-order valence-electron chi connectivity index (χ3n) is 3.60. The summed E-state index contributed by atoms with van der Waals surface area (Å²) in [5.74, 6) is -40.0. The number of alkyl halides is 16. The van der Waals surface area contributed by atoms with Gasteiger partial charge >= 0.3 is 51.2 Å². The van der Waals surface area contributed by atoms with Crippen LogP contribution in [0.1, 0.15) is 19.3 Å². The van der Waals surface area contributed by atoms with Crippen LogP contribution < -0.4 is 0 Å². The predicted octanol–water partition coefficient (Wildman–Crippen LogP) is 5.71. The number of rotatable bonds is 10. The Balaban J connectivity index is 6.26. The van der Waals surface area contributed by atoms with Crippen LogP contribution >= 0.6 is 0 Å². The zero-order valence-corrected chi connectivity index (χ0v) is 14.7. The van der Waals surface area contributed by atoms with Crippen LogP contribution in [0.2, 0.25) is 0 Å². The van der Waals surface area contributed by atoms with Gasteiger partial charge in [-0.25, -0.2) is 4.39 Å². The Labute approximate surface area is 161 Å². The lowest BCUT2D eigenvalue weighted by Gasteiger charge is -2.41. The van der Waals surface area contributed by atoms with Crippen molar-refractivity contribution < 1.29 is 83.2 Å². The first-order valence-electron chi connectivity index (χ1n) is 7.07. The highest BCUT2D eigenvalue weighted by molar-refractivity contribution is 7.87. The summed E-state index contributed by atoms with van der Waals surface area (Å²) in [5, 5.41) is -7.64. The van der Waals surface area contributed by atoms with Gasteiger partial charge in [-0.2, -0.15) is 74.3 Å². The molecule has 0 amide bonds. The lowest BCUT2D eigenvalue weighted by molar-refractivity contribution is -0.421. The summed E-state index contributed by atoms with van der Waals surface area (Å²) in [6, 6.07) is 0. The van der Waals surface area contributed by atoms with Crippen molar-refractivity contribution in [2.24, 2.45) is 0 Å². The topological polar surface area (TPSA) is 54.4 Å². The van der Waals surface area contributed by atoms with E-state index in [1.54, 1.807) is 0 Å². The van der Waals surface area contributed by atoms with E-state index in [1.807, 2.05) is 0 Å². The lowest BCUT2D eigenvalue weighted by atomic mass is 9.91. The zero-order valence-electron chi connectivity index (χ0n) is 13.9. The summed E-state index contributed by atoms with van der Waals surface area (Å²) in [6.07, 6.45) is -16.3. The SMILES string of the molecule is O=S(=O)(O)C(F)(F)C(F)(F)C(F)(F)C(F)(F)C(F)(F)C(F)(F)C(F)CCCC(F)(F)F. The molecule has 0 aliphatic carbocycles. The Morgan fingerprint density at radius 2 is 1.00 bits per heavy atom. The smallest absolute Gasteiger partial charge is 0.281 e. The highest BCUT2D eigenvalue weighted by Gasteiger charge is 2.92. The van der Waals surface area contributed by atoms with Crippen LogP contribution in [0, 0.1) is 0 Å². The molecule has 0 aliphatic heterocycles. The summed E-state index contributed by atoms with van der Waals surface area (Å²) < 4.78 is 235. The van der Waals surface area contributed by atoms with E-state index in [1.165, 1.54) is 0 Å². The van der Waals surface area contributed by atoms with Gasteiger partial charge in [-0.15, -0.1) is 0 Å². The van der Waals surface area contributed by atoms with Gasteiger partial charge in [-0.3, -0.25) is 4.55 Å². The van der Waals surface area contributed by atoms with E-state index in [0.717, 1.165) is 0 Å². The van der Waals surface area contributed by atoms with E-state index in [2.05, 4.69) is 0 Å². The molecule has 0 heterocycles. The van der Waals surface area contributed by atoms with Crippen molar-refractivity contribution >= 4 is 10.1 Å². The van der Waals surface area contributed by atoms with Crippen molar-refractivity contribution in [1.29, 1.82) is 0 Å². The van der Waals surface area contributed by atoms with Gasteiger partial charge in [0.15, 0.2) is 6.17 Å². The molecule has 0 bridgehead atoms. The first-order chi connectivity index (χ1) is 13.1. The molecule has 0 aromatic heterocycles. The largest absolute Gasteiger partial charge is 0.438 e. The molecule has 0 aliphatic rings. The minimum atomic E-state index is -8.39. The van der Waals surface area contributed by atoms with E-state index < -0.39 is 76.6 Å². The quantitative estimate of drug-likeness (QED) is 0.294. The molecule has 0 aromatic rings. The van der Waals surface area contributed by atoms with Crippen molar-refractivity contribution in [3.05, 3.63) is 0 Å². The lowest BCUT2D eigenvalue weighted by Crippen LogP contribution is -2.72. The molecule has 0 fully saturated rings. The van der Waals surface area contributed by atoms with Crippen LogP contribution in [0.25, 0.3) is 0 Å². The fourth-order valence-corrected chi connectivity index (χ4v) is 2.26. The van der Waals surface area contributed by atoms with Gasteiger partial charge in [0.25, 0.3) is 0 Å². The molecular weight excluding hydrogens is 516 g/mol. The van der Waals surface area contributed by atoms with Crippen LogP contribution in [0.15, 0.2) is 0 Å². The first-order valence-corrected chi connectivity index (χ1v) is 8.51. The summed E-state index contributed by atoms with van der Waals surface area (Å²) in [7, 11) is -7.74. The van der Waals surface area contributed by atoms with Crippen LogP contribution in [0.5, 0.6) is 0 Å². The van der Waals surface area contributed by atoms with Gasteiger partial charge in [0.1, 0.15) is 0 Å². The third kappa shape index (κ3) is 4.77. The molecule has 20 heteroatoms. The second-order valence-corrected chi connectivity index (χ2v) is 7.35. The Bertz CT molecular complexity index is 740. The van der Waals surface area contributed by atoms with E-state index in [4.69, 9.17) is 4.55 Å². The van der Waals surface area contributed by atoms with Gasteiger partial charge in [-0.05, 0) is 12.8 Å². The highest BCUT2D eigenvalue weighted by atomic mass is 32.2. The molecule has 0 saturated carbocycles. The molecule has 3 nitrogen and oxygen atoms in total. The summed E-state index contributed by atoms with van der Waals surface area (Å²) >= 11 is 0. The number of hydrogen-bond donors (Lipinski definition) is 1. The van der Waals surface area contributed by atoms with Crippen LogP contribution in [0.3, 0.4) is 0 Å². The molecule has 0 spiro atoms. The summed E-state index contributed by atoms with van der Waals surface area (Å²) in [5.41, 5.74) is 0. The van der Waals surface area contributed by atoms with Crippen LogP contribution in [-0.4, -0.2) is 60.2 Å². The van der Waals surface area contributed by atoms with Crippen molar-refractivity contribution in [1.82, 2.24) is 0 Å². The standard InChI is InChI=1S/C11H8F16O3S/c12-4(2-1-3-5(13,14)15)6(16,17)7(18,19)8(20,21)9(22,23)10(24,25)11(26,27)31(28,29)30/h4H,1-3H2,(H,28,29,30). The van der Waals surface area contributed by atoms with E-state index >= 15 is 0 Å². The third-order valence-corrected chi connectivity index (χ3v) is 4.51. The normalized spacial score (nSPS) is 17.1. The van der Waals surface area contributed by atoms with Gasteiger partial charge in [-0.1, -0.05) is 0 Å². The number of hydrogen-bond acceptors (Lipinski definition) is 2. The van der Waals surface area contributed by atoms with Crippen molar-refractivity contribution in [2.75, 3.05) is 0 Å². The van der Waals surface area contributed by atoms with E-state index in [0.29, 0.717) is 0 Å². The molecule has 0 rings (SSSR count). The van der Waals surface area contributed by atoms with Crippen molar-refractivity contribution in [2.45, 2.75) is 66.5 Å². The first kappa shape index (κ1) is 29.8. The Kier molecular flexibility index (Phi) is 7.67. The van der Waals surface area contributed by atoms with Gasteiger partial charge in [0, 0.05) is 6.42 Å². The summed E-state index contributed by atoms with van der Waals surface area (Å²) in [6.45, 7) is 0. The van der Waals surface area contributed by atoms with Crippen molar-refractivity contribution in [3.8, 4) is 0 Å². The van der Waals surface area contributed by atoms with Gasteiger partial charge in [0.2, 0.25) is 0 Å². The maximum atomic E-state index is 13.4. The second kappa shape index (κ2) is 7.98. The van der Waals surface area contributed by atoms with Crippen LogP contribution in [0.4, 0.5) is 70.2 Å². The van der Waals surface area contributed by atoms with Gasteiger partial charge in [0.05, 0.1) is 0 Å². The Hall–Kier alpha value is -1.21. The van der Waals surface area contributed by atoms with Crippen molar-refractivity contribution in [3.63, 3.8) is 0 Å². The molecule has 1 N–H and O–H groups in total. The molecule has 0 radical (unpaired) electrons. The zero-order chi connectivity index (χ0) is 25.7. The second-order valence-electron chi connectivity index (χ2n) is 5.89. The molecule has 0 saturated heterocycles. The Morgan fingerprint density at radius 1 is 0.645 bits per heavy atom. The molecule has 188 valence electrons. The van der Waals surface area contributed by atoms with E-state index in [-0.39, 0.29) is 0 Å². The molecule has 1 unspecified atom stereocenters. The van der Waals surface area contributed by atoms with Crippen LogP contribution in [-0.2, 0) is 10.1 Å². The molecule has 31 heavy (non-hydrogen) atoms. The fraction of sp³-hybridized carbons (Fsp3) is 1.00. The molecular formula is C11H8F16O3S. The average molecular weight is 524 g/mol. The minimum Gasteiger partial charge on any atom is -0.281 e. The maximum Gasteiger partial charge on any atom is 0.438 e. The Morgan fingerprint density at radius 3 is 1.32 bits per heavy atom. The molecule has 1 atom stereocenters. The maximum absolute atomic E-state index is 13.4. The number of halogens is 16. The highest BCUT2D eigenvalue weighted by Crippen LogP contribution is 2.61. The fourth-order valence-electron chi connectivity index (χ4n) is 1.81. The van der Waals surface area contributed by atoms with Gasteiger partial charge < -0.3 is 0 Å².